The zero-order valence-electron chi connectivity index (χ0n) is 16.1. The van der Waals surface area contributed by atoms with Crippen LogP contribution < -0.4 is 11.1 Å². The smallest absolute Gasteiger partial charge is 0.232 e. The number of hydrogen-bond acceptors (Lipinski definition) is 7. The average Bonchev–Trinajstić information content (AvgIpc) is 2.67. The quantitative estimate of drug-likeness (QED) is 0.832. The van der Waals surface area contributed by atoms with Gasteiger partial charge in [0.1, 0.15) is 0 Å². The van der Waals surface area contributed by atoms with Crippen LogP contribution in [0.5, 0.6) is 0 Å². The van der Waals surface area contributed by atoms with Crippen molar-refractivity contribution in [3.8, 4) is 0 Å². The van der Waals surface area contributed by atoms with Crippen LogP contribution in [0, 0.1) is 5.92 Å². The molecular weight excluding hydrogens is 342 g/mol. The predicted octanol–water partition coefficient (Wildman–Crippen LogP) is 2.06. The molecule has 3 rings (SSSR count). The van der Waals surface area contributed by atoms with Crippen LogP contribution in [0.1, 0.15) is 31.6 Å². The molecule has 27 heavy (non-hydrogen) atoms. The molecule has 1 aromatic heterocycles. The van der Waals surface area contributed by atoms with Gasteiger partial charge in [-0.3, -0.25) is 9.69 Å². The van der Waals surface area contributed by atoms with Crippen LogP contribution in [0.25, 0.3) is 0 Å². The van der Waals surface area contributed by atoms with Gasteiger partial charge < -0.3 is 16.0 Å². The molecule has 8 nitrogen and oxygen atoms in total. The fourth-order valence-corrected chi connectivity index (χ4v) is 3.39. The molecule has 0 aliphatic carbocycles. The number of likely N-dealkylation sites (tertiary alicyclic amines) is 1. The lowest BCUT2D eigenvalue weighted by Gasteiger charge is -2.36. The van der Waals surface area contributed by atoms with Crippen molar-refractivity contribution in [2.75, 3.05) is 38.2 Å². The summed E-state index contributed by atoms with van der Waals surface area (Å²) in [6.07, 6.45) is 1.89. The minimum Gasteiger partial charge on any atom is -0.368 e. The minimum absolute atomic E-state index is 0.0114. The third-order valence-electron chi connectivity index (χ3n) is 4.86. The van der Waals surface area contributed by atoms with Crippen molar-refractivity contribution in [2.24, 2.45) is 5.92 Å². The molecule has 8 heteroatoms. The Bertz CT molecular complexity index is 781. The molecule has 2 unspecified atom stereocenters. The number of nitrogens with zero attached hydrogens (tertiary/aromatic N) is 5. The molecule has 1 fully saturated rings. The molecular formula is C19H27N7O. The Kier molecular flexibility index (Phi) is 5.85. The summed E-state index contributed by atoms with van der Waals surface area (Å²) in [5.74, 6) is 1.40. The van der Waals surface area contributed by atoms with Gasteiger partial charge in [0.05, 0.1) is 12.0 Å². The lowest BCUT2D eigenvalue weighted by Crippen LogP contribution is -2.43. The maximum Gasteiger partial charge on any atom is 0.232 e. The van der Waals surface area contributed by atoms with Crippen LogP contribution in [-0.4, -0.2) is 57.8 Å². The molecule has 2 atom stereocenters. The van der Waals surface area contributed by atoms with Gasteiger partial charge in [-0.15, -0.1) is 0 Å². The van der Waals surface area contributed by atoms with Crippen molar-refractivity contribution in [3.63, 3.8) is 0 Å². The van der Waals surface area contributed by atoms with Gasteiger partial charge in [-0.05, 0) is 38.4 Å². The van der Waals surface area contributed by atoms with Gasteiger partial charge in [0.15, 0.2) is 5.82 Å². The second-order valence-electron chi connectivity index (χ2n) is 7.11. The number of aromatic nitrogens is 3. The van der Waals surface area contributed by atoms with Crippen molar-refractivity contribution >= 4 is 23.5 Å². The monoisotopic (exact) mass is 369 g/mol. The number of para-hydroxylation sites is 1. The Morgan fingerprint density at radius 3 is 2.70 bits per heavy atom. The van der Waals surface area contributed by atoms with E-state index in [9.17, 15) is 4.79 Å². The van der Waals surface area contributed by atoms with Gasteiger partial charge >= 0.3 is 0 Å². The average molecular weight is 369 g/mol. The molecule has 0 radical (unpaired) electrons. The topological polar surface area (TPSA) is 100 Å². The molecule has 1 saturated heterocycles. The van der Waals surface area contributed by atoms with Gasteiger partial charge in [0, 0.05) is 26.3 Å². The van der Waals surface area contributed by atoms with Crippen molar-refractivity contribution in [3.05, 3.63) is 36.2 Å². The Morgan fingerprint density at radius 2 is 2.00 bits per heavy atom. The molecule has 2 aromatic rings. The number of rotatable bonds is 5. The lowest BCUT2D eigenvalue weighted by molar-refractivity contribution is -0.135. The van der Waals surface area contributed by atoms with Crippen LogP contribution in [0.4, 0.5) is 17.6 Å². The molecule has 1 aliphatic rings. The minimum atomic E-state index is -0.0515. The number of amides is 1. The van der Waals surface area contributed by atoms with E-state index >= 15 is 0 Å². The van der Waals surface area contributed by atoms with E-state index in [1.807, 2.05) is 37.3 Å². The van der Waals surface area contributed by atoms with Gasteiger partial charge in [0.2, 0.25) is 17.8 Å². The van der Waals surface area contributed by atoms with E-state index in [-0.39, 0.29) is 23.8 Å². The first-order chi connectivity index (χ1) is 12.9. The number of nitrogen functional groups attached to an aromatic ring is 1. The highest BCUT2D eigenvalue weighted by Crippen LogP contribution is 2.26. The SMILES string of the molecule is CC(c1nc(N)nc(Nc2ccccc2)n1)N1CCCC(C(=O)N(C)C)C1. The molecule has 3 N–H and O–H groups in total. The molecule has 1 aromatic carbocycles. The number of hydrogen-bond donors (Lipinski definition) is 2. The largest absolute Gasteiger partial charge is 0.368 e. The summed E-state index contributed by atoms with van der Waals surface area (Å²) in [6, 6.07) is 9.64. The van der Waals surface area contributed by atoms with Crippen molar-refractivity contribution < 1.29 is 4.79 Å². The summed E-state index contributed by atoms with van der Waals surface area (Å²) in [6.45, 7) is 3.65. The number of benzene rings is 1. The summed E-state index contributed by atoms with van der Waals surface area (Å²) in [5.41, 5.74) is 6.80. The fraction of sp³-hybridized carbons (Fsp3) is 0.474. The number of carbonyl (C=O) groups excluding carboxylic acids is 1. The van der Waals surface area contributed by atoms with Gasteiger partial charge in [0.25, 0.3) is 0 Å². The van der Waals surface area contributed by atoms with E-state index in [2.05, 4.69) is 25.2 Å². The number of nitrogens with one attached hydrogen (secondary N) is 1. The second kappa shape index (κ2) is 8.30. The summed E-state index contributed by atoms with van der Waals surface area (Å²) in [7, 11) is 3.61. The molecule has 2 heterocycles. The molecule has 0 spiro atoms. The van der Waals surface area contributed by atoms with E-state index in [0.717, 1.165) is 25.1 Å². The van der Waals surface area contributed by atoms with E-state index in [1.54, 1.807) is 19.0 Å². The Labute approximate surface area is 159 Å². The highest BCUT2D eigenvalue weighted by Gasteiger charge is 2.30. The van der Waals surface area contributed by atoms with E-state index < -0.39 is 0 Å². The second-order valence-corrected chi connectivity index (χ2v) is 7.11. The predicted molar refractivity (Wildman–Crippen MR) is 105 cm³/mol. The number of anilines is 3. The number of carbonyl (C=O) groups is 1. The van der Waals surface area contributed by atoms with Crippen molar-refractivity contribution in [1.29, 1.82) is 0 Å². The van der Waals surface area contributed by atoms with Crippen LogP contribution in [0.15, 0.2) is 30.3 Å². The lowest BCUT2D eigenvalue weighted by atomic mass is 9.95. The Hall–Kier alpha value is -2.74. The first-order valence-corrected chi connectivity index (χ1v) is 9.23. The highest BCUT2D eigenvalue weighted by molar-refractivity contribution is 5.78. The van der Waals surface area contributed by atoms with Gasteiger partial charge in [-0.25, -0.2) is 0 Å². The van der Waals surface area contributed by atoms with E-state index in [0.29, 0.717) is 18.3 Å². The van der Waals surface area contributed by atoms with E-state index in [1.165, 1.54) is 0 Å². The van der Waals surface area contributed by atoms with Gasteiger partial charge in [-0.1, -0.05) is 18.2 Å². The normalized spacial score (nSPS) is 18.7. The highest BCUT2D eigenvalue weighted by atomic mass is 16.2. The van der Waals surface area contributed by atoms with Crippen molar-refractivity contribution in [1.82, 2.24) is 24.8 Å². The summed E-state index contributed by atoms with van der Waals surface area (Å²) < 4.78 is 0. The molecule has 144 valence electrons. The van der Waals surface area contributed by atoms with Crippen LogP contribution in [-0.2, 0) is 4.79 Å². The molecule has 1 amide bonds. The molecule has 0 saturated carbocycles. The standard InChI is InChI=1S/C19H27N7O/c1-13(26-11-7-8-14(12-26)17(27)25(2)3)16-22-18(20)24-19(23-16)21-15-9-5-4-6-10-15/h4-6,9-10,13-14H,7-8,11-12H2,1-3H3,(H3,20,21,22,23,24). The van der Waals surface area contributed by atoms with Crippen LogP contribution >= 0.6 is 0 Å². The number of piperidine rings is 1. The summed E-state index contributed by atoms with van der Waals surface area (Å²) >= 11 is 0. The fourth-order valence-electron chi connectivity index (χ4n) is 3.39. The van der Waals surface area contributed by atoms with E-state index in [4.69, 9.17) is 5.73 Å². The zero-order valence-corrected chi connectivity index (χ0v) is 16.1. The Morgan fingerprint density at radius 1 is 1.26 bits per heavy atom. The zero-order chi connectivity index (χ0) is 19.4. The summed E-state index contributed by atoms with van der Waals surface area (Å²) in [5, 5.41) is 3.16. The Balaban J connectivity index is 1.76. The number of nitrogens with two attached hydrogens (primary N) is 1. The third kappa shape index (κ3) is 4.71. The maximum absolute atomic E-state index is 12.3. The van der Waals surface area contributed by atoms with Gasteiger partial charge in [-0.2, -0.15) is 15.0 Å². The molecule has 1 aliphatic heterocycles. The summed E-state index contributed by atoms with van der Waals surface area (Å²) in [4.78, 5) is 29.3. The first kappa shape index (κ1) is 19.0. The maximum atomic E-state index is 12.3. The third-order valence-corrected chi connectivity index (χ3v) is 4.86. The molecule has 0 bridgehead atoms. The first-order valence-electron chi connectivity index (χ1n) is 9.23. The van der Waals surface area contributed by atoms with Crippen molar-refractivity contribution in [2.45, 2.75) is 25.8 Å². The van der Waals surface area contributed by atoms with Crippen LogP contribution in [0.2, 0.25) is 0 Å². The van der Waals surface area contributed by atoms with Crippen LogP contribution in [0.3, 0.4) is 0 Å².